The number of nitrogens with zero attached hydrogens (tertiary/aromatic N) is 1. The maximum Gasteiger partial charge on any atom is 0.0463 e. The lowest BCUT2D eigenvalue weighted by Gasteiger charge is -2.48. The van der Waals surface area contributed by atoms with Crippen LogP contribution in [0.3, 0.4) is 0 Å². The third kappa shape index (κ3) is 3.49. The van der Waals surface area contributed by atoms with E-state index in [0.717, 1.165) is 12.8 Å². The minimum Gasteiger partial charge on any atom is -0.361 e. The molecule has 0 amide bonds. The molecule has 3 fully saturated rings. The van der Waals surface area contributed by atoms with Crippen LogP contribution in [0.25, 0.3) is 16.5 Å². The topological polar surface area (TPSA) is 19.0 Å². The Morgan fingerprint density at radius 2 is 1.81 bits per heavy atom. The van der Waals surface area contributed by atoms with Crippen LogP contribution in [0.4, 0.5) is 0 Å². The molecule has 0 unspecified atom stereocenters. The lowest BCUT2D eigenvalue weighted by Crippen LogP contribution is -2.48. The summed E-state index contributed by atoms with van der Waals surface area (Å²) >= 11 is 0. The quantitative estimate of drug-likeness (QED) is 0.665. The predicted octanol–water partition coefficient (Wildman–Crippen LogP) is 6.34. The first-order valence-corrected chi connectivity index (χ1v) is 10.6. The highest BCUT2D eigenvalue weighted by Crippen LogP contribution is 2.45. The molecule has 2 nitrogen and oxygen atoms in total. The van der Waals surface area contributed by atoms with E-state index < -0.39 is 0 Å². The summed E-state index contributed by atoms with van der Waals surface area (Å²) in [5, 5.41) is 1.40. The van der Waals surface area contributed by atoms with Gasteiger partial charge in [0.15, 0.2) is 0 Å². The predicted molar refractivity (Wildman–Crippen MR) is 115 cm³/mol. The van der Waals surface area contributed by atoms with Gasteiger partial charge in [0.05, 0.1) is 0 Å². The monoisotopic (exact) mass is 352 g/mol. The van der Waals surface area contributed by atoms with Crippen molar-refractivity contribution in [2.45, 2.75) is 66.2 Å². The van der Waals surface area contributed by atoms with Gasteiger partial charge in [-0.2, -0.15) is 0 Å². The van der Waals surface area contributed by atoms with Gasteiger partial charge in [0.1, 0.15) is 0 Å². The number of nitrogens with one attached hydrogen (secondary N) is 1. The molecule has 3 saturated heterocycles. The second kappa shape index (κ2) is 8.00. The molecule has 4 heterocycles. The van der Waals surface area contributed by atoms with Crippen LogP contribution in [0.5, 0.6) is 0 Å². The first kappa shape index (κ1) is 19.2. The van der Waals surface area contributed by atoms with Crippen molar-refractivity contribution in [3.8, 4) is 0 Å². The molecule has 0 radical (unpaired) electrons. The molecule has 5 rings (SSSR count). The summed E-state index contributed by atoms with van der Waals surface area (Å²) in [4.78, 5) is 6.09. The lowest BCUT2D eigenvalue weighted by molar-refractivity contribution is 0.0211. The minimum atomic E-state index is 0.605. The Balaban J connectivity index is 0.000000948. The van der Waals surface area contributed by atoms with Crippen LogP contribution in [0, 0.1) is 12.3 Å². The summed E-state index contributed by atoms with van der Waals surface area (Å²) < 4.78 is 0. The SMILES string of the molecule is C=C(CCC12CCN(CC1)CC2)c1c[nH]c2ccc(CC)c(C)c12.CC. The Labute approximate surface area is 159 Å². The van der Waals surface area contributed by atoms with E-state index in [4.69, 9.17) is 0 Å². The number of H-pyrrole nitrogens is 1. The number of aromatic nitrogens is 1. The number of rotatable bonds is 5. The van der Waals surface area contributed by atoms with Gasteiger partial charge in [-0.1, -0.05) is 33.4 Å². The van der Waals surface area contributed by atoms with Gasteiger partial charge < -0.3 is 9.88 Å². The van der Waals surface area contributed by atoms with Crippen LogP contribution >= 0.6 is 0 Å². The van der Waals surface area contributed by atoms with Crippen LogP contribution in [0.2, 0.25) is 0 Å². The summed E-state index contributed by atoms with van der Waals surface area (Å²) in [6, 6.07) is 4.49. The van der Waals surface area contributed by atoms with E-state index in [-0.39, 0.29) is 0 Å². The number of allylic oxidation sites excluding steroid dienone is 1. The average molecular weight is 353 g/mol. The van der Waals surface area contributed by atoms with Crippen molar-refractivity contribution >= 4 is 16.5 Å². The van der Waals surface area contributed by atoms with E-state index in [9.17, 15) is 0 Å². The number of piperidine rings is 3. The van der Waals surface area contributed by atoms with E-state index in [1.807, 2.05) is 13.8 Å². The van der Waals surface area contributed by atoms with Gasteiger partial charge in [0.25, 0.3) is 0 Å². The molecule has 3 aliphatic rings. The number of aromatic amines is 1. The highest BCUT2D eigenvalue weighted by atomic mass is 15.1. The molecule has 142 valence electrons. The first-order valence-electron chi connectivity index (χ1n) is 10.6. The van der Waals surface area contributed by atoms with Crippen LogP contribution in [0.1, 0.15) is 69.6 Å². The Morgan fingerprint density at radius 3 is 2.42 bits per heavy atom. The van der Waals surface area contributed by atoms with Crippen molar-refractivity contribution in [3.63, 3.8) is 0 Å². The fourth-order valence-electron chi connectivity index (χ4n) is 4.93. The Morgan fingerprint density at radius 1 is 1.15 bits per heavy atom. The third-order valence-corrected chi connectivity index (χ3v) is 6.81. The maximum absolute atomic E-state index is 4.48. The molecule has 26 heavy (non-hydrogen) atoms. The van der Waals surface area contributed by atoms with E-state index in [1.165, 1.54) is 78.5 Å². The normalized spacial score (nSPS) is 24.4. The summed E-state index contributed by atoms with van der Waals surface area (Å²) in [5.41, 5.74) is 7.41. The van der Waals surface area contributed by atoms with Crippen molar-refractivity contribution in [2.24, 2.45) is 5.41 Å². The molecule has 0 aliphatic carbocycles. The number of fused-ring (bicyclic) bond motifs is 4. The van der Waals surface area contributed by atoms with E-state index in [1.54, 1.807) is 0 Å². The first-order chi connectivity index (χ1) is 12.6. The Hall–Kier alpha value is -1.54. The Bertz CT molecular complexity index is 746. The van der Waals surface area contributed by atoms with Gasteiger partial charge in [-0.25, -0.2) is 0 Å². The zero-order valence-electron chi connectivity index (χ0n) is 17.3. The second-order valence-electron chi connectivity index (χ2n) is 8.02. The van der Waals surface area contributed by atoms with Crippen LogP contribution in [-0.2, 0) is 6.42 Å². The van der Waals surface area contributed by atoms with Crippen molar-refractivity contribution in [1.82, 2.24) is 9.88 Å². The van der Waals surface area contributed by atoms with Crippen molar-refractivity contribution in [3.05, 3.63) is 41.6 Å². The molecule has 1 aromatic heterocycles. The lowest BCUT2D eigenvalue weighted by atomic mass is 9.68. The summed E-state index contributed by atoms with van der Waals surface area (Å²) in [6.45, 7) is 16.9. The zero-order valence-corrected chi connectivity index (χ0v) is 17.3. The molecule has 2 aromatic rings. The molecule has 0 saturated carbocycles. The van der Waals surface area contributed by atoms with Gasteiger partial charge in [-0.3, -0.25) is 0 Å². The van der Waals surface area contributed by atoms with Gasteiger partial charge >= 0.3 is 0 Å². The fourth-order valence-corrected chi connectivity index (χ4v) is 4.93. The third-order valence-electron chi connectivity index (χ3n) is 6.81. The van der Waals surface area contributed by atoms with Crippen molar-refractivity contribution in [2.75, 3.05) is 19.6 Å². The molecule has 1 aromatic carbocycles. The standard InChI is InChI=1S/C22H30N2.C2H6/c1-4-18-5-6-20-21(17(18)3)19(15-23-20)16(2)7-8-22-9-12-24(13-10-22)14-11-22;1-2/h5-6,15,23H,2,4,7-14H2,1,3H3;1-2H3. The van der Waals surface area contributed by atoms with E-state index >= 15 is 0 Å². The van der Waals surface area contributed by atoms with Crippen LogP contribution < -0.4 is 0 Å². The van der Waals surface area contributed by atoms with Crippen LogP contribution in [0.15, 0.2) is 24.9 Å². The summed E-state index contributed by atoms with van der Waals surface area (Å²) in [7, 11) is 0. The average Bonchev–Trinajstić information content (AvgIpc) is 3.15. The molecule has 1 N–H and O–H groups in total. The number of aryl methyl sites for hydroxylation is 2. The van der Waals surface area contributed by atoms with Gasteiger partial charge in [-0.05, 0) is 93.3 Å². The summed E-state index contributed by atoms with van der Waals surface area (Å²) in [5.74, 6) is 0. The molecule has 3 aliphatic heterocycles. The van der Waals surface area contributed by atoms with Crippen molar-refractivity contribution < 1.29 is 0 Å². The molecule has 2 bridgehead atoms. The van der Waals surface area contributed by atoms with Gasteiger partial charge in [-0.15, -0.1) is 0 Å². The number of benzene rings is 1. The molecule has 0 atom stereocenters. The van der Waals surface area contributed by atoms with Crippen LogP contribution in [-0.4, -0.2) is 29.5 Å². The highest BCUT2D eigenvalue weighted by molar-refractivity contribution is 5.95. The van der Waals surface area contributed by atoms with Gasteiger partial charge in [0, 0.05) is 22.7 Å². The molecule has 2 heteroatoms. The molecular formula is C24H36N2. The highest BCUT2D eigenvalue weighted by Gasteiger charge is 2.38. The largest absolute Gasteiger partial charge is 0.361 e. The van der Waals surface area contributed by atoms with E-state index in [2.05, 4.69) is 48.6 Å². The maximum atomic E-state index is 4.48. The van der Waals surface area contributed by atoms with Gasteiger partial charge in [0.2, 0.25) is 0 Å². The number of hydrogen-bond donors (Lipinski definition) is 1. The van der Waals surface area contributed by atoms with E-state index in [0.29, 0.717) is 5.41 Å². The van der Waals surface area contributed by atoms with Crippen molar-refractivity contribution in [1.29, 1.82) is 0 Å². The second-order valence-corrected chi connectivity index (χ2v) is 8.02. The Kier molecular flexibility index (Phi) is 5.92. The minimum absolute atomic E-state index is 0.605. The number of hydrogen-bond acceptors (Lipinski definition) is 1. The zero-order chi connectivity index (χ0) is 18.7. The fraction of sp³-hybridized carbons (Fsp3) is 0.583. The molecular weight excluding hydrogens is 316 g/mol. The molecule has 0 spiro atoms. The smallest absolute Gasteiger partial charge is 0.0463 e. The summed E-state index contributed by atoms with van der Waals surface area (Å²) in [6.07, 6.45) is 9.92.